The number of aliphatic carboxylic acids is 1. The Kier molecular flexibility index (Phi) is 32.6. The highest BCUT2D eigenvalue weighted by atomic mass is 16.7. The molecule has 0 bridgehead atoms. The maximum atomic E-state index is 14.3. The number of nitrogens with two attached hydrogens (primary N) is 1. The van der Waals surface area contributed by atoms with Crippen molar-refractivity contribution in [2.45, 2.75) is 227 Å². The van der Waals surface area contributed by atoms with Gasteiger partial charge in [-0.1, -0.05) is 13.8 Å². The average molecular weight is 1470 g/mol. The Bertz CT molecular complexity index is 3030. The third-order valence-electron chi connectivity index (χ3n) is 17.0. The first-order chi connectivity index (χ1) is 48.0. The molecule has 4 saturated heterocycles. The molecule has 0 aliphatic carbocycles. The van der Waals surface area contributed by atoms with E-state index in [4.69, 9.17) is 34.2 Å². The van der Waals surface area contributed by atoms with Crippen LogP contribution >= 0.6 is 0 Å². The Balaban J connectivity index is 1.29. The molecule has 0 saturated carbocycles. The molecular formula is C59H96N14O29. The molecule has 24 N–H and O–H groups in total. The van der Waals surface area contributed by atoms with Gasteiger partial charge in [-0.25, -0.2) is 4.98 Å². The minimum absolute atomic E-state index is 0.0716. The van der Waals surface area contributed by atoms with Gasteiger partial charge < -0.3 is 153 Å². The highest BCUT2D eigenvalue weighted by Crippen LogP contribution is 2.32. The molecule has 4 aliphatic heterocycles. The van der Waals surface area contributed by atoms with Crippen molar-refractivity contribution >= 4 is 70.9 Å². The molecule has 576 valence electrons. The monoisotopic (exact) mass is 1460 g/mol. The summed E-state index contributed by atoms with van der Waals surface area (Å²) in [6.07, 6.45) is -25.9. The second-order valence-electron chi connectivity index (χ2n) is 25.2. The van der Waals surface area contributed by atoms with Crippen LogP contribution < -0.4 is 58.9 Å². The molecule has 43 nitrogen and oxygen atoms in total. The lowest BCUT2D eigenvalue weighted by Gasteiger charge is -2.48. The van der Waals surface area contributed by atoms with Crippen LogP contribution in [0.25, 0.3) is 0 Å². The predicted molar refractivity (Wildman–Crippen MR) is 338 cm³/mol. The lowest BCUT2D eigenvalue weighted by atomic mass is 9.94. The van der Waals surface area contributed by atoms with Crippen LogP contribution in [0, 0.1) is 5.92 Å². The number of likely N-dealkylation sites (tertiary alicyclic amines) is 1. The summed E-state index contributed by atoms with van der Waals surface area (Å²) >= 11 is 0. The van der Waals surface area contributed by atoms with Crippen LogP contribution in [-0.2, 0) is 92.4 Å². The van der Waals surface area contributed by atoms with Crippen LogP contribution in [0.15, 0.2) is 12.5 Å². The van der Waals surface area contributed by atoms with Crippen LogP contribution in [0.5, 0.6) is 0 Å². The van der Waals surface area contributed by atoms with E-state index in [0.717, 1.165) is 39.6 Å². The summed E-state index contributed by atoms with van der Waals surface area (Å²) in [7, 11) is 1.12. The van der Waals surface area contributed by atoms with E-state index in [-0.39, 0.29) is 25.8 Å². The first-order valence-corrected chi connectivity index (χ1v) is 32.6. The molecule has 5 heterocycles. The molecular weight excluding hydrogens is 1370 g/mol. The van der Waals surface area contributed by atoms with Crippen molar-refractivity contribution < 1.29 is 142 Å². The zero-order valence-electron chi connectivity index (χ0n) is 57.0. The van der Waals surface area contributed by atoms with E-state index in [1.165, 1.54) is 19.4 Å². The van der Waals surface area contributed by atoms with E-state index in [1.807, 2.05) is 0 Å². The van der Waals surface area contributed by atoms with Crippen LogP contribution in [0.4, 0.5) is 0 Å². The highest BCUT2D eigenvalue weighted by molar-refractivity contribution is 5.99. The SMILES string of the molecule is CNC(=O)[C@@H](NC(=O)[C@H](CC(=O)O)NC(=O)[C@@H]1CCCN1C(=O)[C@H](C)NC(=O)[C@H](CO)NC(=O)[C@@H](NC(=O)[C@@H](NC(=O)CNC(=O)[C@@H](N)Cc1cnc[nH]1)C(C)C)C(C)O)C(C)O[C@H]1OC(CO[C@@H]2OC(CO)[C@@H](O)C(O)[C@@H]2NC(C)=O)[C@H](O)[C@H](O[C@@H]2OC(CO)[C@H](O)C(O)[C@@H]2O)C1NC(C)=O. The lowest BCUT2D eigenvalue weighted by molar-refractivity contribution is -0.352. The van der Waals surface area contributed by atoms with Gasteiger partial charge in [0.1, 0.15) is 115 Å². The van der Waals surface area contributed by atoms with Crippen molar-refractivity contribution in [3.63, 3.8) is 0 Å². The third kappa shape index (κ3) is 22.8. The Labute approximate surface area is 582 Å². The maximum Gasteiger partial charge on any atom is 0.305 e. The summed E-state index contributed by atoms with van der Waals surface area (Å²) in [6.45, 7) is 4.03. The van der Waals surface area contributed by atoms with E-state index in [9.17, 15) is 114 Å². The smallest absolute Gasteiger partial charge is 0.305 e. The number of rotatable bonds is 35. The van der Waals surface area contributed by atoms with Crippen molar-refractivity contribution in [2.75, 3.05) is 46.6 Å². The Morgan fingerprint density at radius 1 is 0.667 bits per heavy atom. The first-order valence-electron chi connectivity index (χ1n) is 32.6. The normalized spacial score (nSPS) is 29.1. The maximum absolute atomic E-state index is 14.3. The second-order valence-corrected chi connectivity index (χ2v) is 25.2. The molecule has 0 radical (unpaired) electrons. The zero-order chi connectivity index (χ0) is 76.3. The molecule has 4 aliphatic rings. The van der Waals surface area contributed by atoms with Crippen molar-refractivity contribution in [2.24, 2.45) is 11.7 Å². The Hall–Kier alpha value is -7.83. The number of aromatic amines is 1. The molecule has 43 heteroatoms. The molecule has 102 heavy (non-hydrogen) atoms. The number of hydrogen-bond donors (Lipinski definition) is 23. The van der Waals surface area contributed by atoms with Gasteiger partial charge in [0, 0.05) is 45.8 Å². The number of ether oxygens (including phenoxy) is 6. The van der Waals surface area contributed by atoms with E-state index in [1.54, 1.807) is 13.8 Å². The van der Waals surface area contributed by atoms with Crippen LogP contribution in [0.1, 0.15) is 73.4 Å². The highest BCUT2D eigenvalue weighted by Gasteiger charge is 2.54. The largest absolute Gasteiger partial charge is 0.481 e. The van der Waals surface area contributed by atoms with Gasteiger partial charge in [0.2, 0.25) is 65.0 Å². The fourth-order valence-corrected chi connectivity index (χ4v) is 11.4. The average Bonchev–Trinajstić information content (AvgIpc) is 0.857. The molecule has 8 unspecified atom stereocenters. The van der Waals surface area contributed by atoms with Gasteiger partial charge in [0.05, 0.1) is 64.0 Å². The van der Waals surface area contributed by atoms with E-state index >= 15 is 0 Å². The number of carbonyl (C=O) groups is 12. The second kappa shape index (κ2) is 39.2. The minimum atomic E-state index is -2.13. The van der Waals surface area contributed by atoms with Crippen LogP contribution in [0.2, 0.25) is 0 Å². The number of carboxylic acid groups (broad SMARTS) is 1. The zero-order valence-corrected chi connectivity index (χ0v) is 57.0. The number of likely N-dealkylation sites (N-methyl/N-ethyl adjacent to an activating group) is 1. The van der Waals surface area contributed by atoms with E-state index < -0.39 is 269 Å². The molecule has 11 amide bonds. The van der Waals surface area contributed by atoms with Gasteiger partial charge >= 0.3 is 5.97 Å². The van der Waals surface area contributed by atoms with Gasteiger partial charge in [-0.2, -0.15) is 0 Å². The fraction of sp³-hybridized carbons (Fsp3) is 0.746. The number of nitrogens with zero attached hydrogens (tertiary/aromatic N) is 2. The van der Waals surface area contributed by atoms with Crippen molar-refractivity contribution in [3.05, 3.63) is 18.2 Å². The topological polar surface area (TPSA) is 661 Å². The Morgan fingerprint density at radius 2 is 1.25 bits per heavy atom. The minimum Gasteiger partial charge on any atom is -0.481 e. The quantitative estimate of drug-likeness (QED) is 0.0300. The number of aliphatic hydroxyl groups is 10. The predicted octanol–water partition coefficient (Wildman–Crippen LogP) is -13.3. The number of H-pyrrole nitrogens is 1. The number of carboxylic acids is 1. The Morgan fingerprint density at radius 3 is 1.82 bits per heavy atom. The van der Waals surface area contributed by atoms with Crippen LogP contribution in [-0.4, -0.2) is 341 Å². The van der Waals surface area contributed by atoms with Crippen molar-refractivity contribution in [1.82, 2.24) is 68.0 Å². The number of hydrogen-bond acceptors (Lipinski definition) is 30. The summed E-state index contributed by atoms with van der Waals surface area (Å²) < 4.78 is 35.4. The van der Waals surface area contributed by atoms with E-state index in [2.05, 4.69) is 63.1 Å². The number of carbonyl (C=O) groups excluding carboxylic acids is 11. The summed E-state index contributed by atoms with van der Waals surface area (Å²) in [6, 6.07) is -16.4. The molecule has 1 aromatic rings. The van der Waals surface area contributed by atoms with Crippen LogP contribution in [0.3, 0.4) is 0 Å². The number of nitrogens with one attached hydrogen (secondary N) is 11. The van der Waals surface area contributed by atoms with Crippen molar-refractivity contribution in [1.29, 1.82) is 0 Å². The molecule has 5 rings (SSSR count). The number of imidazole rings is 1. The summed E-state index contributed by atoms with van der Waals surface area (Å²) in [5.41, 5.74) is 6.47. The summed E-state index contributed by atoms with van der Waals surface area (Å²) in [5.74, 6) is -13.3. The van der Waals surface area contributed by atoms with Gasteiger partial charge in [-0.3, -0.25) is 57.5 Å². The standard InChI is InChI=1S/C59H96N14O29/c1-21(2)37(70-35(80)15-63-49(89)28(60)12-27-14-62-20-64-27)54(94)71-38(23(4)77)55(95)69-30(16-74)51(91)65-22(3)56(96)73-11-9-10-31(73)52(92)68-29(13-36(81)82)50(90)72-39(53(93)61-8)24(5)98-58-41(67-26(7)79)48(102-59-47(88)46(87)43(84)33(18-76)100-59)44(85)34(101-58)19-97-57-40(66-25(6)78)45(86)42(83)32(17-75)99-57/h14,20-24,28-34,37-48,57-59,74-77,83-88H,9-13,15-19,60H2,1-8H3,(H,61,93)(H,62,64)(H,63,89)(H,65,91)(H,66,78)(H,67,79)(H,68,92)(H,69,95)(H,70,80)(H,71,94)(H,72,90)(H,81,82)/t22-,23?,24?,28-,29-,30-,31-,32?,33?,34?,37-,38-,39-,40-,41?,42+,43-,44-,45?,46?,47-,48+,57+,58-,59-/m0/s1. The molecule has 25 atom stereocenters. The molecule has 0 spiro atoms. The van der Waals surface area contributed by atoms with Gasteiger partial charge in [-0.05, 0) is 39.5 Å². The number of aliphatic hydroxyl groups excluding tert-OH is 10. The molecule has 4 fully saturated rings. The van der Waals surface area contributed by atoms with Gasteiger partial charge in [-0.15, -0.1) is 0 Å². The van der Waals surface area contributed by atoms with Crippen molar-refractivity contribution in [3.8, 4) is 0 Å². The lowest BCUT2D eigenvalue weighted by Crippen LogP contribution is -2.69. The number of amides is 11. The van der Waals surface area contributed by atoms with E-state index in [0.29, 0.717) is 5.69 Å². The van der Waals surface area contributed by atoms with Gasteiger partial charge in [0.15, 0.2) is 18.9 Å². The molecule has 0 aromatic carbocycles. The first kappa shape index (κ1) is 84.8. The third-order valence-corrected chi connectivity index (χ3v) is 17.0. The summed E-state index contributed by atoms with van der Waals surface area (Å²) in [5, 5.41) is 140. The molecule has 1 aromatic heterocycles. The summed E-state index contributed by atoms with van der Waals surface area (Å²) in [4.78, 5) is 168. The van der Waals surface area contributed by atoms with Gasteiger partial charge in [0.25, 0.3) is 0 Å². The fourth-order valence-electron chi connectivity index (χ4n) is 11.4. The number of aromatic nitrogens is 2.